The second-order valence-electron chi connectivity index (χ2n) is 9.36. The van der Waals surface area contributed by atoms with Crippen molar-refractivity contribution in [3.05, 3.63) is 65.2 Å². The topological polar surface area (TPSA) is 108 Å². The maximum absolute atomic E-state index is 13.7. The maximum Gasteiger partial charge on any atom is 0.250 e. The third-order valence-electron chi connectivity index (χ3n) is 7.33. The minimum absolute atomic E-state index is 0.114. The van der Waals surface area contributed by atoms with Gasteiger partial charge >= 0.3 is 0 Å². The van der Waals surface area contributed by atoms with Gasteiger partial charge in [0.05, 0.1) is 17.9 Å². The first kappa shape index (κ1) is 23.8. The Morgan fingerprint density at radius 3 is 2.57 bits per heavy atom. The Bertz CT molecular complexity index is 1110. The van der Waals surface area contributed by atoms with E-state index in [1.807, 2.05) is 30.3 Å². The van der Waals surface area contributed by atoms with E-state index in [9.17, 15) is 19.5 Å². The Hall–Kier alpha value is -2.94. The van der Waals surface area contributed by atoms with Crippen LogP contribution in [0.15, 0.2) is 54.6 Å². The zero-order chi connectivity index (χ0) is 24.6. The number of likely N-dealkylation sites (tertiary alicyclic amines) is 1. The highest BCUT2D eigenvalue weighted by Gasteiger charge is 2.74. The van der Waals surface area contributed by atoms with Crippen LogP contribution in [0.3, 0.4) is 0 Å². The zero-order valence-corrected chi connectivity index (χ0v) is 19.9. The van der Waals surface area contributed by atoms with Crippen molar-refractivity contribution in [2.24, 2.45) is 11.8 Å². The van der Waals surface area contributed by atoms with Gasteiger partial charge in [-0.15, -0.1) is 0 Å². The molecule has 5 rings (SSSR count). The van der Waals surface area contributed by atoms with Crippen LogP contribution in [0, 0.1) is 11.8 Å². The lowest BCUT2D eigenvalue weighted by molar-refractivity contribution is -0.141. The molecule has 0 saturated carbocycles. The van der Waals surface area contributed by atoms with E-state index in [2.05, 4.69) is 10.6 Å². The molecule has 2 unspecified atom stereocenters. The molecule has 35 heavy (non-hydrogen) atoms. The molecule has 3 saturated heterocycles. The van der Waals surface area contributed by atoms with Crippen LogP contribution in [0.5, 0.6) is 0 Å². The van der Waals surface area contributed by atoms with Crippen molar-refractivity contribution in [2.75, 3.05) is 18.5 Å². The van der Waals surface area contributed by atoms with Gasteiger partial charge in [-0.05, 0) is 49.1 Å². The van der Waals surface area contributed by atoms with Crippen LogP contribution in [0.4, 0.5) is 5.69 Å². The van der Waals surface area contributed by atoms with Crippen LogP contribution >= 0.6 is 11.6 Å². The number of nitrogens with zero attached hydrogens (tertiary/aromatic N) is 1. The molecule has 3 aliphatic rings. The Kier molecular flexibility index (Phi) is 6.53. The Balaban J connectivity index is 1.40. The van der Waals surface area contributed by atoms with Crippen molar-refractivity contribution >= 4 is 35.0 Å². The van der Waals surface area contributed by atoms with Gasteiger partial charge in [0.25, 0.3) is 0 Å². The number of benzene rings is 2. The highest BCUT2D eigenvalue weighted by atomic mass is 35.5. The van der Waals surface area contributed by atoms with E-state index in [0.717, 1.165) is 5.56 Å². The monoisotopic (exact) mass is 497 g/mol. The molecule has 2 aromatic carbocycles. The molecule has 0 aromatic heterocycles. The number of aliphatic hydroxyl groups excluding tert-OH is 1. The summed E-state index contributed by atoms with van der Waals surface area (Å²) >= 11 is 5.96. The number of hydrogen-bond donors (Lipinski definition) is 3. The molecule has 0 radical (unpaired) electrons. The SMILES string of the molecule is O=C(Nc1ccc(Cl)cc1)C1N(CCCO)C(=O)[C@@H]2[C@@H](C(=O)NCc3ccccc3)[C@H]3CCC12O3. The van der Waals surface area contributed by atoms with Crippen LogP contribution in [0.1, 0.15) is 24.8 Å². The van der Waals surface area contributed by atoms with E-state index in [-0.39, 0.29) is 30.9 Å². The average molecular weight is 498 g/mol. The summed E-state index contributed by atoms with van der Waals surface area (Å²) in [6, 6.07) is 15.4. The lowest BCUT2D eigenvalue weighted by Gasteiger charge is -2.33. The van der Waals surface area contributed by atoms with E-state index >= 15 is 0 Å². The van der Waals surface area contributed by atoms with E-state index in [1.54, 1.807) is 24.3 Å². The van der Waals surface area contributed by atoms with Crippen molar-refractivity contribution in [3.8, 4) is 0 Å². The van der Waals surface area contributed by atoms with E-state index < -0.39 is 29.6 Å². The number of nitrogens with one attached hydrogen (secondary N) is 2. The van der Waals surface area contributed by atoms with Crippen molar-refractivity contribution in [2.45, 2.75) is 43.6 Å². The molecule has 8 nitrogen and oxygen atoms in total. The Morgan fingerprint density at radius 1 is 1.11 bits per heavy atom. The van der Waals surface area contributed by atoms with E-state index in [1.165, 1.54) is 4.90 Å². The van der Waals surface area contributed by atoms with Gasteiger partial charge in [0.15, 0.2) is 0 Å². The predicted octanol–water partition coefficient (Wildman–Crippen LogP) is 2.35. The number of fused-ring (bicyclic) bond motifs is 1. The largest absolute Gasteiger partial charge is 0.396 e. The number of carbonyl (C=O) groups is 3. The summed E-state index contributed by atoms with van der Waals surface area (Å²) in [4.78, 5) is 42.0. The molecule has 3 heterocycles. The number of rotatable bonds is 8. The molecule has 184 valence electrons. The van der Waals surface area contributed by atoms with Gasteiger partial charge in [0, 0.05) is 30.4 Å². The quantitative estimate of drug-likeness (QED) is 0.519. The number of ether oxygens (including phenoxy) is 1. The lowest BCUT2D eigenvalue weighted by atomic mass is 9.70. The average Bonchev–Trinajstić information content (AvgIpc) is 3.50. The number of hydrogen-bond acceptors (Lipinski definition) is 5. The summed E-state index contributed by atoms with van der Waals surface area (Å²) < 4.78 is 6.37. The summed E-state index contributed by atoms with van der Waals surface area (Å²) in [7, 11) is 0. The fraction of sp³-hybridized carbons (Fsp3) is 0.423. The van der Waals surface area contributed by atoms with Crippen LogP contribution in [-0.4, -0.2) is 58.6 Å². The van der Waals surface area contributed by atoms with Crippen molar-refractivity contribution < 1.29 is 24.2 Å². The third kappa shape index (κ3) is 4.20. The number of anilines is 1. The fourth-order valence-electron chi connectivity index (χ4n) is 5.88. The molecule has 3 aliphatic heterocycles. The van der Waals surface area contributed by atoms with Crippen LogP contribution in [-0.2, 0) is 25.7 Å². The summed E-state index contributed by atoms with van der Waals surface area (Å²) in [5, 5.41) is 15.8. The lowest BCUT2D eigenvalue weighted by Crippen LogP contribution is -2.53. The van der Waals surface area contributed by atoms with Gasteiger partial charge in [0.2, 0.25) is 17.7 Å². The number of amides is 3. The predicted molar refractivity (Wildman–Crippen MR) is 129 cm³/mol. The molecule has 9 heteroatoms. The smallest absolute Gasteiger partial charge is 0.250 e. The number of aliphatic hydroxyl groups is 1. The van der Waals surface area contributed by atoms with Crippen molar-refractivity contribution in [3.63, 3.8) is 0 Å². The van der Waals surface area contributed by atoms with Crippen LogP contribution < -0.4 is 10.6 Å². The first-order valence-electron chi connectivity index (χ1n) is 11.9. The molecular formula is C26H28ClN3O5. The van der Waals surface area contributed by atoms with Gasteiger partial charge < -0.3 is 25.4 Å². The van der Waals surface area contributed by atoms with Crippen molar-refractivity contribution in [1.29, 1.82) is 0 Å². The number of carbonyl (C=O) groups excluding carboxylic acids is 3. The second kappa shape index (κ2) is 9.60. The van der Waals surface area contributed by atoms with E-state index in [4.69, 9.17) is 16.3 Å². The molecule has 3 N–H and O–H groups in total. The summed E-state index contributed by atoms with van der Waals surface area (Å²) in [6.07, 6.45) is 1.04. The fourth-order valence-corrected chi connectivity index (χ4v) is 6.01. The second-order valence-corrected chi connectivity index (χ2v) is 9.80. The summed E-state index contributed by atoms with van der Waals surface area (Å²) in [5.41, 5.74) is 0.448. The Labute approximate surface area is 208 Å². The normalized spacial score (nSPS) is 28.7. The minimum Gasteiger partial charge on any atom is -0.396 e. The first-order valence-corrected chi connectivity index (χ1v) is 12.3. The highest BCUT2D eigenvalue weighted by Crippen LogP contribution is 2.58. The maximum atomic E-state index is 13.7. The van der Waals surface area contributed by atoms with Gasteiger partial charge in [-0.1, -0.05) is 41.9 Å². The number of halogens is 1. The van der Waals surface area contributed by atoms with Crippen LogP contribution in [0.25, 0.3) is 0 Å². The molecule has 3 fully saturated rings. The minimum atomic E-state index is -1.07. The van der Waals surface area contributed by atoms with Gasteiger partial charge in [-0.25, -0.2) is 0 Å². The van der Waals surface area contributed by atoms with Gasteiger partial charge in [-0.3, -0.25) is 14.4 Å². The third-order valence-corrected chi connectivity index (χ3v) is 7.58. The molecule has 2 aromatic rings. The first-order chi connectivity index (χ1) is 16.9. The van der Waals surface area contributed by atoms with Crippen molar-refractivity contribution in [1.82, 2.24) is 10.2 Å². The molecule has 1 spiro atoms. The van der Waals surface area contributed by atoms with E-state index in [0.29, 0.717) is 36.5 Å². The summed E-state index contributed by atoms with van der Waals surface area (Å²) in [5.74, 6) is -2.27. The van der Waals surface area contributed by atoms with Crippen LogP contribution in [0.2, 0.25) is 5.02 Å². The summed E-state index contributed by atoms with van der Waals surface area (Å²) in [6.45, 7) is 0.446. The van der Waals surface area contributed by atoms with Gasteiger partial charge in [0.1, 0.15) is 11.6 Å². The standard InChI is InChI=1S/C26H28ClN3O5/c27-17-7-9-18(10-8-17)29-24(33)22-26-12-11-19(35-26)20(21(26)25(34)30(22)13-4-14-31)23(32)28-15-16-5-2-1-3-6-16/h1-3,5-10,19-22,31H,4,11-15H2,(H,28,32)(H,29,33)/t19-,20+,21+,22?,26?/m1/s1. The Morgan fingerprint density at radius 2 is 1.86 bits per heavy atom. The zero-order valence-electron chi connectivity index (χ0n) is 19.2. The molecule has 5 atom stereocenters. The highest BCUT2D eigenvalue weighted by molar-refractivity contribution is 6.30. The van der Waals surface area contributed by atoms with Gasteiger partial charge in [-0.2, -0.15) is 0 Å². The molecular weight excluding hydrogens is 470 g/mol. The molecule has 0 aliphatic carbocycles. The molecule has 2 bridgehead atoms. The molecule has 3 amide bonds.